The Kier molecular flexibility index (Phi) is 3.93. The third kappa shape index (κ3) is 2.92. The summed E-state index contributed by atoms with van der Waals surface area (Å²) in [5, 5.41) is 11.7. The number of hydrogen-bond donors (Lipinski definition) is 2. The zero-order valence-electron chi connectivity index (χ0n) is 16.1. The Labute approximate surface area is 171 Å². The Morgan fingerprint density at radius 1 is 1.17 bits per heavy atom. The number of nitrogens with zero attached hydrogens (tertiary/aromatic N) is 3. The van der Waals surface area contributed by atoms with Crippen molar-refractivity contribution in [1.29, 1.82) is 0 Å². The van der Waals surface area contributed by atoms with Gasteiger partial charge in [0.05, 0.1) is 22.3 Å². The number of aromatic nitrogens is 3. The second-order valence-electron chi connectivity index (χ2n) is 7.12. The summed E-state index contributed by atoms with van der Waals surface area (Å²) in [6.07, 6.45) is 2.81. The molecule has 2 aromatic carbocycles. The molecule has 1 aliphatic rings. The number of benzene rings is 2. The summed E-state index contributed by atoms with van der Waals surface area (Å²) >= 11 is 0. The second kappa shape index (κ2) is 6.42. The maximum atomic E-state index is 11.9. The highest BCUT2D eigenvalue weighted by Gasteiger charge is 2.22. The minimum Gasteiger partial charge on any atom is -0.482 e. The monoisotopic (exact) mass is 423 g/mol. The largest absolute Gasteiger partial charge is 0.482 e. The van der Waals surface area contributed by atoms with Crippen molar-refractivity contribution in [1.82, 2.24) is 15.2 Å². The standard InChI is InChI=1S/C20H17N5O4S/c1-25-16-7-11(3-6-17(16)29-10-18(25)26)22-20-19-14(9-21-24-19)13-8-12(30(2,27)28)4-5-15(13)23-20/h3-9H,10H2,1-2H3,(H,21,24)(H,22,23). The van der Waals surface area contributed by atoms with Crippen LogP contribution in [-0.2, 0) is 14.6 Å². The highest BCUT2D eigenvalue weighted by Crippen LogP contribution is 2.36. The molecule has 5 rings (SSSR count). The molecule has 0 saturated heterocycles. The molecule has 4 aromatic rings. The lowest BCUT2D eigenvalue weighted by molar-refractivity contribution is -0.120. The Balaban J connectivity index is 1.62. The molecule has 1 aliphatic heterocycles. The SMILES string of the molecule is CN1C(=O)COc2ccc(Nc3nc4ccc(S(C)(=O)=O)cc4c4cn[nH]c34)cc21. The fraction of sp³-hybridized carbons (Fsp3) is 0.150. The van der Waals surface area contributed by atoms with Gasteiger partial charge in [-0.1, -0.05) is 0 Å². The van der Waals surface area contributed by atoms with Crippen LogP contribution in [0, 0.1) is 0 Å². The van der Waals surface area contributed by atoms with Crippen LogP contribution < -0.4 is 15.0 Å². The van der Waals surface area contributed by atoms with Crippen molar-refractivity contribution >= 4 is 54.7 Å². The summed E-state index contributed by atoms with van der Waals surface area (Å²) in [6.45, 7) is 0.0206. The van der Waals surface area contributed by atoms with Gasteiger partial charge in [0.1, 0.15) is 11.3 Å². The lowest BCUT2D eigenvalue weighted by atomic mass is 10.1. The molecule has 0 spiro atoms. The van der Waals surface area contributed by atoms with E-state index in [0.29, 0.717) is 33.7 Å². The van der Waals surface area contributed by atoms with Crippen LogP contribution in [0.25, 0.3) is 21.8 Å². The number of ether oxygens (including phenoxy) is 1. The van der Waals surface area contributed by atoms with Crippen LogP contribution in [0.3, 0.4) is 0 Å². The number of carbonyl (C=O) groups is 1. The number of rotatable bonds is 3. The van der Waals surface area contributed by atoms with Crippen LogP contribution in [-0.4, -0.2) is 49.4 Å². The molecule has 152 valence electrons. The van der Waals surface area contributed by atoms with Gasteiger partial charge >= 0.3 is 0 Å². The molecule has 0 atom stereocenters. The zero-order valence-corrected chi connectivity index (χ0v) is 16.9. The third-order valence-electron chi connectivity index (χ3n) is 5.10. The van der Waals surface area contributed by atoms with E-state index in [-0.39, 0.29) is 17.4 Å². The first-order valence-corrected chi connectivity index (χ1v) is 11.0. The number of fused-ring (bicyclic) bond motifs is 4. The summed E-state index contributed by atoms with van der Waals surface area (Å²) in [7, 11) is -1.64. The molecule has 0 fully saturated rings. The summed E-state index contributed by atoms with van der Waals surface area (Å²) in [4.78, 5) is 18.4. The fourth-order valence-corrected chi connectivity index (χ4v) is 4.13. The van der Waals surface area contributed by atoms with E-state index in [0.717, 1.165) is 11.1 Å². The summed E-state index contributed by atoms with van der Waals surface area (Å²) < 4.78 is 29.3. The number of pyridine rings is 1. The molecule has 0 radical (unpaired) electrons. The van der Waals surface area contributed by atoms with E-state index >= 15 is 0 Å². The maximum Gasteiger partial charge on any atom is 0.264 e. The second-order valence-corrected chi connectivity index (χ2v) is 9.13. The van der Waals surface area contributed by atoms with Crippen molar-refractivity contribution in [3.05, 3.63) is 42.6 Å². The number of carbonyl (C=O) groups excluding carboxylic acids is 1. The van der Waals surface area contributed by atoms with Crippen LogP contribution in [0.2, 0.25) is 0 Å². The molecule has 0 unspecified atom stereocenters. The number of H-pyrrole nitrogens is 1. The zero-order chi connectivity index (χ0) is 21.0. The van der Waals surface area contributed by atoms with E-state index in [1.165, 1.54) is 12.3 Å². The van der Waals surface area contributed by atoms with Gasteiger partial charge in [-0.2, -0.15) is 5.10 Å². The van der Waals surface area contributed by atoms with E-state index in [9.17, 15) is 13.2 Å². The van der Waals surface area contributed by atoms with Crippen molar-refractivity contribution in [3.8, 4) is 5.75 Å². The molecule has 0 bridgehead atoms. The van der Waals surface area contributed by atoms with E-state index < -0.39 is 9.84 Å². The first-order valence-electron chi connectivity index (χ1n) is 9.08. The highest BCUT2D eigenvalue weighted by molar-refractivity contribution is 7.90. The Morgan fingerprint density at radius 3 is 2.80 bits per heavy atom. The molecular formula is C20H17N5O4S. The maximum absolute atomic E-state index is 11.9. The Hall–Kier alpha value is -3.66. The average molecular weight is 423 g/mol. The van der Waals surface area contributed by atoms with Crippen LogP contribution in [0.5, 0.6) is 5.75 Å². The molecular weight excluding hydrogens is 406 g/mol. The Morgan fingerprint density at radius 2 is 2.00 bits per heavy atom. The van der Waals surface area contributed by atoms with Crippen molar-refractivity contribution in [2.45, 2.75) is 4.90 Å². The van der Waals surface area contributed by atoms with Crippen LogP contribution in [0.15, 0.2) is 47.5 Å². The number of aromatic amines is 1. The number of likely N-dealkylation sites (N-methyl/N-ethyl adjacent to an activating group) is 1. The number of amides is 1. The molecule has 10 heteroatoms. The van der Waals surface area contributed by atoms with Crippen LogP contribution in [0.1, 0.15) is 0 Å². The summed E-state index contributed by atoms with van der Waals surface area (Å²) in [5.41, 5.74) is 2.66. The molecule has 9 nitrogen and oxygen atoms in total. The third-order valence-corrected chi connectivity index (χ3v) is 6.21. The van der Waals surface area contributed by atoms with Gasteiger partial charge in [0, 0.05) is 29.8 Å². The first-order chi connectivity index (χ1) is 14.3. The topological polar surface area (TPSA) is 117 Å². The van der Waals surface area contributed by atoms with Crippen LogP contribution in [0.4, 0.5) is 17.2 Å². The van der Waals surface area contributed by atoms with E-state index in [1.807, 2.05) is 12.1 Å². The quantitative estimate of drug-likeness (QED) is 0.520. The molecule has 0 aliphatic carbocycles. The predicted octanol–water partition coefficient (Wildman–Crippen LogP) is 2.61. The molecule has 30 heavy (non-hydrogen) atoms. The normalized spacial score (nSPS) is 14.1. The number of hydrogen-bond acceptors (Lipinski definition) is 7. The van der Waals surface area contributed by atoms with Gasteiger partial charge in [-0.25, -0.2) is 13.4 Å². The van der Waals surface area contributed by atoms with Gasteiger partial charge in [-0.15, -0.1) is 0 Å². The smallest absolute Gasteiger partial charge is 0.264 e. The van der Waals surface area contributed by atoms with E-state index in [2.05, 4.69) is 20.5 Å². The number of nitrogens with one attached hydrogen (secondary N) is 2. The average Bonchev–Trinajstić information content (AvgIpc) is 3.21. The molecule has 3 heterocycles. The van der Waals surface area contributed by atoms with Crippen molar-refractivity contribution in [2.24, 2.45) is 0 Å². The Bertz CT molecular complexity index is 1440. The molecule has 0 saturated carbocycles. The van der Waals surface area contributed by atoms with E-state index in [4.69, 9.17) is 4.74 Å². The van der Waals surface area contributed by atoms with Crippen molar-refractivity contribution in [3.63, 3.8) is 0 Å². The van der Waals surface area contributed by atoms with E-state index in [1.54, 1.807) is 36.3 Å². The molecule has 2 N–H and O–H groups in total. The lowest BCUT2D eigenvalue weighted by Crippen LogP contribution is -2.35. The number of anilines is 3. The van der Waals surface area contributed by atoms with Gasteiger partial charge < -0.3 is 15.0 Å². The lowest BCUT2D eigenvalue weighted by Gasteiger charge is -2.26. The van der Waals surface area contributed by atoms with Gasteiger partial charge in [0.25, 0.3) is 5.91 Å². The minimum atomic E-state index is -3.34. The van der Waals surface area contributed by atoms with Gasteiger partial charge in [0.2, 0.25) is 0 Å². The number of sulfone groups is 1. The molecule has 1 amide bonds. The summed E-state index contributed by atoms with van der Waals surface area (Å²) in [6, 6.07) is 10.3. The van der Waals surface area contributed by atoms with Crippen LogP contribution >= 0.6 is 0 Å². The van der Waals surface area contributed by atoms with Gasteiger partial charge in [-0.05, 0) is 36.4 Å². The first kappa shape index (κ1) is 18.4. The predicted molar refractivity (Wildman–Crippen MR) is 113 cm³/mol. The molecule has 2 aromatic heterocycles. The minimum absolute atomic E-state index is 0.0206. The fourth-order valence-electron chi connectivity index (χ4n) is 3.48. The highest BCUT2D eigenvalue weighted by atomic mass is 32.2. The van der Waals surface area contributed by atoms with Gasteiger partial charge in [-0.3, -0.25) is 9.89 Å². The van der Waals surface area contributed by atoms with Crippen molar-refractivity contribution in [2.75, 3.05) is 30.1 Å². The van der Waals surface area contributed by atoms with Gasteiger partial charge in [0.15, 0.2) is 22.3 Å². The summed E-state index contributed by atoms with van der Waals surface area (Å²) in [5.74, 6) is 1.04. The van der Waals surface area contributed by atoms with Crippen molar-refractivity contribution < 1.29 is 17.9 Å².